The number of nitrogens with zero attached hydrogens (tertiary/aromatic N) is 1. The van der Waals surface area contributed by atoms with Crippen LogP contribution in [0.2, 0.25) is 0 Å². The van der Waals surface area contributed by atoms with Gasteiger partial charge in [-0.25, -0.2) is 0 Å². The van der Waals surface area contributed by atoms with Crippen LogP contribution in [-0.4, -0.2) is 41.2 Å². The minimum atomic E-state index is -1.83. The van der Waals surface area contributed by atoms with E-state index in [1.54, 1.807) is 20.2 Å². The molecule has 0 saturated heterocycles. The molecule has 3 aromatic rings. The zero-order valence-corrected chi connectivity index (χ0v) is 20.3. The van der Waals surface area contributed by atoms with Gasteiger partial charge >= 0.3 is 0 Å². The van der Waals surface area contributed by atoms with E-state index in [-0.39, 0.29) is 5.91 Å². The normalized spacial score (nSPS) is 29.8. The van der Waals surface area contributed by atoms with E-state index in [4.69, 9.17) is 4.74 Å². The van der Waals surface area contributed by atoms with E-state index in [1.807, 2.05) is 73.7 Å². The van der Waals surface area contributed by atoms with Gasteiger partial charge in [0.05, 0.1) is 5.92 Å². The van der Waals surface area contributed by atoms with Crippen molar-refractivity contribution in [2.45, 2.75) is 30.1 Å². The summed E-state index contributed by atoms with van der Waals surface area (Å²) in [5, 5.41) is 24.3. The number of halogens is 1. The highest BCUT2D eigenvalue weighted by molar-refractivity contribution is 9.10. The molecular weight excluding hydrogens is 482 g/mol. The van der Waals surface area contributed by atoms with Crippen molar-refractivity contribution in [1.82, 2.24) is 4.90 Å². The molecule has 0 unspecified atom stereocenters. The summed E-state index contributed by atoms with van der Waals surface area (Å²) in [5.41, 5.74) is -0.237. The first-order valence-corrected chi connectivity index (χ1v) is 11.7. The van der Waals surface area contributed by atoms with Crippen molar-refractivity contribution >= 4 is 21.8 Å². The van der Waals surface area contributed by atoms with E-state index < -0.39 is 29.1 Å². The number of aliphatic hydroxyl groups is 2. The van der Waals surface area contributed by atoms with Gasteiger partial charge in [0, 0.05) is 30.0 Å². The summed E-state index contributed by atoms with van der Waals surface area (Å²) >= 11 is 3.49. The number of carbonyl (C=O) groups excluding carboxylic acids is 1. The molecular formula is C27H26BrNO4. The summed E-state index contributed by atoms with van der Waals surface area (Å²) < 4.78 is 7.61. The van der Waals surface area contributed by atoms with E-state index in [2.05, 4.69) is 15.9 Å². The Bertz CT molecular complexity index is 1210. The minimum Gasteiger partial charge on any atom is -0.478 e. The molecule has 33 heavy (non-hydrogen) atoms. The molecule has 2 aliphatic rings. The summed E-state index contributed by atoms with van der Waals surface area (Å²) in [6, 6.07) is 22.7. The van der Waals surface area contributed by atoms with Crippen LogP contribution in [0.15, 0.2) is 77.3 Å². The molecule has 170 valence electrons. The second kappa shape index (κ2) is 7.69. The lowest BCUT2D eigenvalue weighted by atomic mass is 9.70. The Kier molecular flexibility index (Phi) is 5.16. The quantitative estimate of drug-likeness (QED) is 0.559. The second-order valence-corrected chi connectivity index (χ2v) is 10.1. The van der Waals surface area contributed by atoms with E-state index in [9.17, 15) is 15.0 Å². The Balaban J connectivity index is 1.87. The van der Waals surface area contributed by atoms with Crippen molar-refractivity contribution in [3.05, 3.63) is 99.5 Å². The summed E-state index contributed by atoms with van der Waals surface area (Å²) in [7, 11) is 3.33. The van der Waals surface area contributed by atoms with Crippen molar-refractivity contribution in [2.75, 3.05) is 14.1 Å². The summed E-state index contributed by atoms with van der Waals surface area (Å²) in [4.78, 5) is 15.0. The van der Waals surface area contributed by atoms with Gasteiger partial charge in [-0.2, -0.15) is 0 Å². The van der Waals surface area contributed by atoms with Gasteiger partial charge in [0.25, 0.3) is 0 Å². The number of hydrogen-bond donors (Lipinski definition) is 2. The van der Waals surface area contributed by atoms with E-state index >= 15 is 0 Å². The smallest absolute Gasteiger partial charge is 0.228 e. The Morgan fingerprint density at radius 3 is 2.33 bits per heavy atom. The average Bonchev–Trinajstić information content (AvgIpc) is 3.17. The third kappa shape index (κ3) is 2.94. The lowest BCUT2D eigenvalue weighted by Gasteiger charge is -2.40. The molecule has 5 atom stereocenters. The number of hydrogen-bond acceptors (Lipinski definition) is 4. The Morgan fingerprint density at radius 2 is 1.70 bits per heavy atom. The van der Waals surface area contributed by atoms with E-state index in [0.29, 0.717) is 16.9 Å². The van der Waals surface area contributed by atoms with E-state index in [0.717, 1.165) is 15.6 Å². The number of rotatable bonds is 3. The standard InChI is InChI=1S/C27H26BrNO4/c1-16-9-14-20-21(15-16)33-27(18-10-12-19(28)13-11-18)23(17-7-5-4-6-8-17)22(25(31)29(2)3)24(30)26(20,27)32/h4-15,22-24,30,32H,1-3H3/t22-,23-,24-,26+,27+/m1/s1. The molecule has 0 radical (unpaired) electrons. The van der Waals surface area contributed by atoms with Crippen molar-refractivity contribution in [1.29, 1.82) is 0 Å². The van der Waals surface area contributed by atoms with Gasteiger partial charge in [0.1, 0.15) is 11.9 Å². The molecule has 2 N–H and O–H groups in total. The number of benzene rings is 3. The summed E-state index contributed by atoms with van der Waals surface area (Å²) in [5.74, 6) is -1.28. The Morgan fingerprint density at radius 1 is 1.03 bits per heavy atom. The maximum absolute atomic E-state index is 13.5. The molecule has 1 heterocycles. The van der Waals surface area contributed by atoms with Crippen molar-refractivity contribution < 1.29 is 19.7 Å². The molecule has 1 fully saturated rings. The van der Waals surface area contributed by atoms with Gasteiger partial charge in [-0.05, 0) is 41.8 Å². The molecule has 3 aromatic carbocycles. The number of amides is 1. The Hall–Kier alpha value is -2.67. The fourth-order valence-electron chi connectivity index (χ4n) is 5.69. The first kappa shape index (κ1) is 22.1. The molecule has 0 aromatic heterocycles. The number of ether oxygens (including phenoxy) is 1. The highest BCUT2D eigenvalue weighted by atomic mass is 79.9. The number of carbonyl (C=O) groups is 1. The van der Waals surface area contributed by atoms with Crippen LogP contribution in [0, 0.1) is 12.8 Å². The molecule has 6 heteroatoms. The monoisotopic (exact) mass is 507 g/mol. The molecule has 5 rings (SSSR count). The van der Waals surface area contributed by atoms with Crippen LogP contribution >= 0.6 is 15.9 Å². The van der Waals surface area contributed by atoms with E-state index in [1.165, 1.54) is 4.90 Å². The van der Waals surface area contributed by atoms with Gasteiger partial charge in [-0.1, -0.05) is 70.5 Å². The third-order valence-electron chi connectivity index (χ3n) is 7.11. The molecule has 1 aliphatic heterocycles. The molecule has 1 aliphatic carbocycles. The summed E-state index contributed by atoms with van der Waals surface area (Å²) in [6.45, 7) is 1.96. The van der Waals surface area contributed by atoms with Gasteiger partial charge in [0.2, 0.25) is 5.91 Å². The van der Waals surface area contributed by atoms with Crippen molar-refractivity contribution in [3.8, 4) is 5.75 Å². The molecule has 0 spiro atoms. The first-order valence-electron chi connectivity index (χ1n) is 10.9. The van der Waals surface area contributed by atoms with Gasteiger partial charge in [0.15, 0.2) is 11.2 Å². The predicted molar refractivity (Wildman–Crippen MR) is 129 cm³/mol. The van der Waals surface area contributed by atoms with Gasteiger partial charge in [-0.15, -0.1) is 0 Å². The van der Waals surface area contributed by atoms with Crippen LogP contribution in [0.25, 0.3) is 0 Å². The van der Waals surface area contributed by atoms with Crippen LogP contribution < -0.4 is 4.74 Å². The topological polar surface area (TPSA) is 70.0 Å². The first-order chi connectivity index (χ1) is 15.7. The predicted octanol–water partition coefficient (Wildman–Crippen LogP) is 4.10. The highest BCUT2D eigenvalue weighted by Gasteiger charge is 2.77. The third-order valence-corrected chi connectivity index (χ3v) is 7.64. The highest BCUT2D eigenvalue weighted by Crippen LogP contribution is 2.68. The van der Waals surface area contributed by atoms with Gasteiger partial charge in [-0.3, -0.25) is 4.79 Å². The number of aryl methyl sites for hydroxylation is 1. The fraction of sp³-hybridized carbons (Fsp3) is 0.296. The molecule has 1 saturated carbocycles. The minimum absolute atomic E-state index is 0.257. The fourth-order valence-corrected chi connectivity index (χ4v) is 5.95. The average molecular weight is 508 g/mol. The van der Waals surface area contributed by atoms with Crippen LogP contribution in [0.5, 0.6) is 5.75 Å². The second-order valence-electron chi connectivity index (χ2n) is 9.20. The SMILES string of the molecule is Cc1ccc2c(c1)O[C@@]1(c3ccc(Br)cc3)[C@H](c3ccccc3)[C@@H](C(=O)N(C)C)[C@@H](O)[C@@]21O. The lowest BCUT2D eigenvalue weighted by Crippen LogP contribution is -2.52. The lowest BCUT2D eigenvalue weighted by molar-refractivity contribution is -0.155. The van der Waals surface area contributed by atoms with Crippen LogP contribution in [-0.2, 0) is 16.0 Å². The number of fused-ring (bicyclic) bond motifs is 3. The summed E-state index contributed by atoms with van der Waals surface area (Å²) in [6.07, 6.45) is -1.38. The maximum atomic E-state index is 13.5. The van der Waals surface area contributed by atoms with Gasteiger partial charge < -0.3 is 19.8 Å². The van der Waals surface area contributed by atoms with Crippen molar-refractivity contribution in [2.24, 2.45) is 5.92 Å². The van der Waals surface area contributed by atoms with Crippen LogP contribution in [0.3, 0.4) is 0 Å². The maximum Gasteiger partial charge on any atom is 0.228 e. The van der Waals surface area contributed by atoms with Crippen LogP contribution in [0.4, 0.5) is 0 Å². The van der Waals surface area contributed by atoms with Crippen molar-refractivity contribution in [3.63, 3.8) is 0 Å². The molecule has 0 bridgehead atoms. The largest absolute Gasteiger partial charge is 0.478 e. The Labute approximate surface area is 201 Å². The zero-order valence-electron chi connectivity index (χ0n) is 18.7. The zero-order chi connectivity index (χ0) is 23.5. The molecule has 5 nitrogen and oxygen atoms in total. The van der Waals surface area contributed by atoms with Crippen LogP contribution in [0.1, 0.15) is 28.2 Å². The number of aliphatic hydroxyl groups excluding tert-OH is 1. The molecule has 1 amide bonds.